The van der Waals surface area contributed by atoms with Crippen LogP contribution in [0, 0.1) is 0 Å². The SMILES string of the molecule is CN1CCCC1CNC1CCc2ccccc21. The first-order valence-electron chi connectivity index (χ1n) is 6.86. The fourth-order valence-corrected chi connectivity index (χ4v) is 3.28. The van der Waals surface area contributed by atoms with Gasteiger partial charge in [-0.15, -0.1) is 0 Å². The smallest absolute Gasteiger partial charge is 0.0326 e. The molecule has 0 saturated carbocycles. The van der Waals surface area contributed by atoms with Crippen LogP contribution >= 0.6 is 0 Å². The molecule has 0 bridgehead atoms. The fourth-order valence-electron chi connectivity index (χ4n) is 3.28. The molecular formula is C15H22N2. The third-order valence-corrected chi connectivity index (χ3v) is 4.40. The van der Waals surface area contributed by atoms with Gasteiger partial charge in [-0.25, -0.2) is 0 Å². The maximum Gasteiger partial charge on any atom is 0.0326 e. The molecular weight excluding hydrogens is 208 g/mol. The summed E-state index contributed by atoms with van der Waals surface area (Å²) >= 11 is 0. The summed E-state index contributed by atoms with van der Waals surface area (Å²) in [5.74, 6) is 0. The van der Waals surface area contributed by atoms with E-state index in [1.54, 1.807) is 5.56 Å². The molecule has 0 spiro atoms. The molecule has 0 amide bonds. The molecule has 1 N–H and O–H groups in total. The summed E-state index contributed by atoms with van der Waals surface area (Å²) in [6.07, 6.45) is 5.24. The minimum Gasteiger partial charge on any atom is -0.308 e. The molecule has 0 aromatic heterocycles. The molecule has 2 unspecified atom stereocenters. The van der Waals surface area contributed by atoms with Crippen LogP contribution in [0.25, 0.3) is 0 Å². The lowest BCUT2D eigenvalue weighted by Gasteiger charge is -2.22. The third kappa shape index (κ3) is 2.24. The summed E-state index contributed by atoms with van der Waals surface area (Å²) in [5, 5.41) is 3.77. The standard InChI is InChI=1S/C15H22N2/c1-17-10-4-6-13(17)11-16-15-9-8-12-5-2-3-7-14(12)15/h2-3,5,7,13,15-16H,4,6,8-11H2,1H3. The quantitative estimate of drug-likeness (QED) is 0.857. The molecule has 1 fully saturated rings. The van der Waals surface area contributed by atoms with Crippen LogP contribution in [-0.2, 0) is 6.42 Å². The summed E-state index contributed by atoms with van der Waals surface area (Å²) < 4.78 is 0. The van der Waals surface area contributed by atoms with Crippen molar-refractivity contribution in [3.8, 4) is 0 Å². The number of nitrogens with zero attached hydrogens (tertiary/aromatic N) is 1. The molecule has 1 aliphatic carbocycles. The van der Waals surface area contributed by atoms with E-state index in [1.807, 2.05) is 0 Å². The van der Waals surface area contributed by atoms with E-state index in [2.05, 4.69) is 41.5 Å². The Hall–Kier alpha value is -0.860. The van der Waals surface area contributed by atoms with Crippen LogP contribution in [-0.4, -0.2) is 31.1 Å². The van der Waals surface area contributed by atoms with Gasteiger partial charge in [-0.2, -0.15) is 0 Å². The van der Waals surface area contributed by atoms with Crippen molar-refractivity contribution in [3.63, 3.8) is 0 Å². The number of fused-ring (bicyclic) bond motifs is 1. The summed E-state index contributed by atoms with van der Waals surface area (Å²) in [5.41, 5.74) is 3.08. The van der Waals surface area contributed by atoms with Crippen molar-refractivity contribution in [2.24, 2.45) is 0 Å². The molecule has 1 saturated heterocycles. The molecule has 2 nitrogen and oxygen atoms in total. The van der Waals surface area contributed by atoms with E-state index in [0.29, 0.717) is 6.04 Å². The zero-order valence-electron chi connectivity index (χ0n) is 10.7. The Balaban J connectivity index is 1.60. The monoisotopic (exact) mass is 230 g/mol. The Labute approximate surface area is 104 Å². The lowest BCUT2D eigenvalue weighted by molar-refractivity contribution is 0.291. The number of likely N-dealkylation sites (tertiary alicyclic amines) is 1. The highest BCUT2D eigenvalue weighted by Gasteiger charge is 2.25. The average molecular weight is 230 g/mol. The van der Waals surface area contributed by atoms with Gasteiger partial charge in [0.1, 0.15) is 0 Å². The first kappa shape index (κ1) is 11.2. The molecule has 0 radical (unpaired) electrons. The topological polar surface area (TPSA) is 15.3 Å². The van der Waals surface area contributed by atoms with Crippen molar-refractivity contribution < 1.29 is 0 Å². The number of hydrogen-bond acceptors (Lipinski definition) is 2. The zero-order chi connectivity index (χ0) is 11.7. The third-order valence-electron chi connectivity index (χ3n) is 4.40. The highest BCUT2D eigenvalue weighted by atomic mass is 15.2. The Bertz CT molecular complexity index is 388. The minimum absolute atomic E-state index is 0.597. The summed E-state index contributed by atoms with van der Waals surface area (Å²) in [6.45, 7) is 2.42. The number of nitrogens with one attached hydrogen (secondary N) is 1. The fraction of sp³-hybridized carbons (Fsp3) is 0.600. The van der Waals surface area contributed by atoms with Gasteiger partial charge in [0.05, 0.1) is 0 Å². The van der Waals surface area contributed by atoms with Gasteiger partial charge in [0, 0.05) is 18.6 Å². The number of benzene rings is 1. The van der Waals surface area contributed by atoms with Crippen LogP contribution in [0.5, 0.6) is 0 Å². The maximum absolute atomic E-state index is 3.77. The summed E-state index contributed by atoms with van der Waals surface area (Å²) in [4.78, 5) is 2.49. The minimum atomic E-state index is 0.597. The lowest BCUT2D eigenvalue weighted by Crippen LogP contribution is -2.36. The molecule has 2 aliphatic rings. The molecule has 1 aliphatic heterocycles. The van der Waals surface area contributed by atoms with Crippen LogP contribution in [0.15, 0.2) is 24.3 Å². The second kappa shape index (κ2) is 4.79. The molecule has 17 heavy (non-hydrogen) atoms. The van der Waals surface area contributed by atoms with E-state index in [9.17, 15) is 0 Å². The summed E-state index contributed by atoms with van der Waals surface area (Å²) in [6, 6.07) is 10.2. The van der Waals surface area contributed by atoms with Gasteiger partial charge < -0.3 is 10.2 Å². The van der Waals surface area contributed by atoms with E-state index in [-0.39, 0.29) is 0 Å². The van der Waals surface area contributed by atoms with Gasteiger partial charge in [-0.3, -0.25) is 0 Å². The van der Waals surface area contributed by atoms with Gasteiger partial charge in [-0.05, 0) is 50.4 Å². The van der Waals surface area contributed by atoms with Gasteiger partial charge in [0.25, 0.3) is 0 Å². The van der Waals surface area contributed by atoms with Crippen molar-refractivity contribution in [3.05, 3.63) is 35.4 Å². The Kier molecular flexibility index (Phi) is 3.17. The second-order valence-electron chi connectivity index (χ2n) is 5.47. The van der Waals surface area contributed by atoms with E-state index in [4.69, 9.17) is 0 Å². The van der Waals surface area contributed by atoms with Gasteiger partial charge in [0.15, 0.2) is 0 Å². The van der Waals surface area contributed by atoms with Gasteiger partial charge in [0.2, 0.25) is 0 Å². The maximum atomic E-state index is 3.77. The van der Waals surface area contributed by atoms with E-state index < -0.39 is 0 Å². The predicted octanol–water partition coefficient (Wildman–Crippen LogP) is 2.36. The Morgan fingerprint density at radius 2 is 2.18 bits per heavy atom. The van der Waals surface area contributed by atoms with Crippen LogP contribution in [0.3, 0.4) is 0 Å². The van der Waals surface area contributed by atoms with Crippen LogP contribution < -0.4 is 5.32 Å². The van der Waals surface area contributed by atoms with Crippen molar-refractivity contribution in [1.82, 2.24) is 10.2 Å². The van der Waals surface area contributed by atoms with E-state index >= 15 is 0 Å². The molecule has 1 aromatic rings. The Morgan fingerprint density at radius 1 is 1.29 bits per heavy atom. The highest BCUT2D eigenvalue weighted by Crippen LogP contribution is 2.30. The number of likely N-dealkylation sites (N-methyl/N-ethyl adjacent to an activating group) is 1. The molecule has 2 atom stereocenters. The molecule has 2 heteroatoms. The number of hydrogen-bond donors (Lipinski definition) is 1. The van der Waals surface area contributed by atoms with Crippen LogP contribution in [0.2, 0.25) is 0 Å². The second-order valence-corrected chi connectivity index (χ2v) is 5.47. The molecule has 92 valence electrons. The molecule has 1 heterocycles. The molecule has 3 rings (SSSR count). The van der Waals surface area contributed by atoms with Gasteiger partial charge >= 0.3 is 0 Å². The van der Waals surface area contributed by atoms with Crippen molar-refractivity contribution in [2.75, 3.05) is 20.1 Å². The molecule has 1 aromatic carbocycles. The van der Waals surface area contributed by atoms with Crippen LogP contribution in [0.1, 0.15) is 36.4 Å². The number of aryl methyl sites for hydroxylation is 1. The zero-order valence-corrected chi connectivity index (χ0v) is 10.7. The lowest BCUT2D eigenvalue weighted by atomic mass is 10.1. The summed E-state index contributed by atoms with van der Waals surface area (Å²) in [7, 11) is 2.25. The van der Waals surface area contributed by atoms with Gasteiger partial charge in [-0.1, -0.05) is 24.3 Å². The van der Waals surface area contributed by atoms with E-state index in [0.717, 1.165) is 12.6 Å². The van der Waals surface area contributed by atoms with Crippen molar-refractivity contribution in [2.45, 2.75) is 37.8 Å². The average Bonchev–Trinajstić information content (AvgIpc) is 2.93. The van der Waals surface area contributed by atoms with Crippen molar-refractivity contribution in [1.29, 1.82) is 0 Å². The first-order chi connectivity index (χ1) is 8.34. The first-order valence-corrected chi connectivity index (χ1v) is 6.86. The highest BCUT2D eigenvalue weighted by molar-refractivity contribution is 5.34. The predicted molar refractivity (Wildman–Crippen MR) is 71.2 cm³/mol. The van der Waals surface area contributed by atoms with E-state index in [1.165, 1.54) is 37.8 Å². The normalized spacial score (nSPS) is 28.5. The van der Waals surface area contributed by atoms with Crippen LogP contribution in [0.4, 0.5) is 0 Å². The Morgan fingerprint density at radius 3 is 3.00 bits per heavy atom. The largest absolute Gasteiger partial charge is 0.308 e. The number of rotatable bonds is 3. The van der Waals surface area contributed by atoms with Crippen molar-refractivity contribution >= 4 is 0 Å².